The summed E-state index contributed by atoms with van der Waals surface area (Å²) in [5.41, 5.74) is 5.27. The molecule has 35 heavy (non-hydrogen) atoms. The second kappa shape index (κ2) is 12.6. The summed E-state index contributed by atoms with van der Waals surface area (Å²) in [4.78, 5) is 31.4. The molecule has 190 valence electrons. The fourth-order valence-electron chi connectivity index (χ4n) is 4.70. The number of piperidine rings is 1. The van der Waals surface area contributed by atoms with Gasteiger partial charge in [-0.25, -0.2) is 0 Å². The zero-order valence-electron chi connectivity index (χ0n) is 22.2. The van der Waals surface area contributed by atoms with Crippen molar-refractivity contribution in [2.75, 3.05) is 27.2 Å². The first kappa shape index (κ1) is 27.3. The first-order valence-electron chi connectivity index (χ1n) is 12.8. The van der Waals surface area contributed by atoms with E-state index in [1.807, 2.05) is 29.2 Å². The highest BCUT2D eigenvalue weighted by Crippen LogP contribution is 2.31. The van der Waals surface area contributed by atoms with Gasteiger partial charge in [0.05, 0.1) is 6.42 Å². The predicted molar refractivity (Wildman–Crippen MR) is 146 cm³/mol. The second-order valence-corrected chi connectivity index (χ2v) is 11.4. The van der Waals surface area contributed by atoms with E-state index in [1.54, 1.807) is 0 Å². The van der Waals surface area contributed by atoms with Crippen molar-refractivity contribution in [3.8, 4) is 0 Å². The molecule has 1 saturated heterocycles. The fourth-order valence-corrected chi connectivity index (χ4v) is 5.27. The molecule has 0 aromatic heterocycles. The fraction of sp³-hybridized carbons (Fsp3) is 0.517. The molecule has 0 radical (unpaired) electrons. The minimum absolute atomic E-state index is 0.0220. The van der Waals surface area contributed by atoms with Gasteiger partial charge in [-0.2, -0.15) is 0 Å². The van der Waals surface area contributed by atoms with E-state index in [0.29, 0.717) is 6.42 Å². The highest BCUT2D eigenvalue weighted by Gasteiger charge is 2.24. The lowest BCUT2D eigenvalue weighted by molar-refractivity contribution is -0.118. The summed E-state index contributed by atoms with van der Waals surface area (Å²) in [5.74, 6) is 0.548. The number of nitrogens with one attached hydrogen (secondary N) is 1. The third-order valence-electron chi connectivity index (χ3n) is 6.50. The van der Waals surface area contributed by atoms with Gasteiger partial charge < -0.3 is 9.80 Å². The number of nitrogens with zero attached hydrogens (tertiary/aromatic N) is 2. The molecule has 2 amide bonds. The highest BCUT2D eigenvalue weighted by molar-refractivity contribution is 7.98. The number of carbonyl (C=O) groups is 2. The van der Waals surface area contributed by atoms with Crippen LogP contribution in [0.1, 0.15) is 91.4 Å². The summed E-state index contributed by atoms with van der Waals surface area (Å²) >= 11 is 1.36. The summed E-state index contributed by atoms with van der Waals surface area (Å²) in [6.07, 6.45) is 3.66. The van der Waals surface area contributed by atoms with Crippen LogP contribution in [0.15, 0.2) is 41.3 Å². The van der Waals surface area contributed by atoms with Gasteiger partial charge in [0, 0.05) is 30.1 Å². The molecule has 0 atom stereocenters. The molecule has 0 spiro atoms. The van der Waals surface area contributed by atoms with E-state index < -0.39 is 0 Å². The molecule has 1 N–H and O–H groups in total. The molecule has 1 heterocycles. The van der Waals surface area contributed by atoms with E-state index in [4.69, 9.17) is 0 Å². The largest absolute Gasteiger partial charge is 0.339 e. The summed E-state index contributed by atoms with van der Waals surface area (Å²) in [6.45, 7) is 11.1. The van der Waals surface area contributed by atoms with Crippen molar-refractivity contribution in [3.63, 3.8) is 0 Å². The second-order valence-electron chi connectivity index (χ2n) is 10.5. The van der Waals surface area contributed by atoms with Crippen molar-refractivity contribution >= 4 is 23.8 Å². The van der Waals surface area contributed by atoms with Gasteiger partial charge >= 0.3 is 0 Å². The molecular formula is C29H41N3O2S. The summed E-state index contributed by atoms with van der Waals surface area (Å²) in [6, 6.07) is 12.4. The molecule has 3 rings (SSSR count). The summed E-state index contributed by atoms with van der Waals surface area (Å²) in [7, 11) is 4.10. The lowest BCUT2D eigenvalue weighted by atomic mass is 9.85. The molecule has 0 saturated carbocycles. The number of likely N-dealkylation sites (tertiary alicyclic amines) is 1. The van der Waals surface area contributed by atoms with E-state index >= 15 is 0 Å². The average molecular weight is 496 g/mol. The normalized spacial score (nSPS) is 14.1. The molecule has 2 aromatic carbocycles. The van der Waals surface area contributed by atoms with Gasteiger partial charge in [-0.1, -0.05) is 39.8 Å². The standard InChI is InChI=1S/C29H41N3O2S/c1-20(2)25-16-23(29(34)32-14-8-7-9-15-32)17-26(21(3)4)27(25)18-28(33)30-35-24-12-10-22(11-13-24)19-31(5)6/h10-13,16-17,20-21H,7-9,14-15,18-19H2,1-6H3,(H,30,33). The monoisotopic (exact) mass is 495 g/mol. The molecule has 1 aliphatic heterocycles. The van der Waals surface area contributed by atoms with Crippen molar-refractivity contribution in [2.45, 2.75) is 76.7 Å². The minimum atomic E-state index is -0.0220. The van der Waals surface area contributed by atoms with E-state index in [1.165, 1.54) is 23.9 Å². The Morgan fingerprint density at radius 2 is 1.51 bits per heavy atom. The number of benzene rings is 2. The Bertz CT molecular complexity index is 980. The van der Waals surface area contributed by atoms with Crippen LogP contribution in [-0.2, 0) is 17.8 Å². The third kappa shape index (κ3) is 7.58. The van der Waals surface area contributed by atoms with Crippen molar-refractivity contribution in [2.24, 2.45) is 0 Å². The van der Waals surface area contributed by atoms with Crippen LogP contribution < -0.4 is 4.72 Å². The molecule has 0 aliphatic carbocycles. The Morgan fingerprint density at radius 3 is 2.03 bits per heavy atom. The zero-order valence-corrected chi connectivity index (χ0v) is 23.0. The number of hydrogen-bond donors (Lipinski definition) is 1. The predicted octanol–water partition coefficient (Wildman–Crippen LogP) is 5.99. The van der Waals surface area contributed by atoms with Gasteiger partial charge in [-0.15, -0.1) is 0 Å². The Hall–Kier alpha value is -2.31. The Balaban J connectivity index is 1.76. The van der Waals surface area contributed by atoms with Crippen LogP contribution in [0.4, 0.5) is 0 Å². The Labute approximate surface area is 215 Å². The maximum absolute atomic E-state index is 13.3. The van der Waals surface area contributed by atoms with Crippen LogP contribution in [0.2, 0.25) is 0 Å². The molecule has 0 bridgehead atoms. The van der Waals surface area contributed by atoms with Gasteiger partial charge in [0.2, 0.25) is 5.91 Å². The van der Waals surface area contributed by atoms with Gasteiger partial charge in [-0.3, -0.25) is 14.3 Å². The maximum Gasteiger partial charge on any atom is 0.253 e. The number of rotatable bonds is 9. The number of carbonyl (C=O) groups excluding carboxylic acids is 2. The Kier molecular flexibility index (Phi) is 9.81. The van der Waals surface area contributed by atoms with Crippen LogP contribution in [0, 0.1) is 0 Å². The van der Waals surface area contributed by atoms with E-state index in [2.05, 4.69) is 63.5 Å². The van der Waals surface area contributed by atoms with Gasteiger partial charge in [0.15, 0.2) is 0 Å². The molecular weight excluding hydrogens is 454 g/mol. The van der Waals surface area contributed by atoms with Crippen LogP contribution in [-0.4, -0.2) is 48.8 Å². The van der Waals surface area contributed by atoms with Crippen LogP contribution in [0.5, 0.6) is 0 Å². The van der Waals surface area contributed by atoms with Crippen LogP contribution >= 0.6 is 11.9 Å². The molecule has 1 aliphatic rings. The first-order chi connectivity index (χ1) is 16.7. The number of hydrogen-bond acceptors (Lipinski definition) is 4. The SMILES string of the molecule is CC(C)c1cc(C(=O)N2CCCCC2)cc(C(C)C)c1CC(=O)NSc1ccc(CN(C)C)cc1. The maximum atomic E-state index is 13.3. The number of amides is 2. The minimum Gasteiger partial charge on any atom is -0.339 e. The van der Waals surface area contributed by atoms with Crippen molar-refractivity contribution in [1.29, 1.82) is 0 Å². The molecule has 2 aromatic rings. The Morgan fingerprint density at radius 1 is 0.943 bits per heavy atom. The molecule has 0 unspecified atom stereocenters. The van der Waals surface area contributed by atoms with Crippen molar-refractivity contribution in [1.82, 2.24) is 14.5 Å². The molecule has 5 nitrogen and oxygen atoms in total. The average Bonchev–Trinajstić information content (AvgIpc) is 2.83. The topological polar surface area (TPSA) is 52.7 Å². The lowest BCUT2D eigenvalue weighted by Crippen LogP contribution is -2.35. The smallest absolute Gasteiger partial charge is 0.253 e. The van der Waals surface area contributed by atoms with Crippen LogP contribution in [0.3, 0.4) is 0 Å². The zero-order chi connectivity index (χ0) is 25.5. The van der Waals surface area contributed by atoms with Gasteiger partial charge in [0.1, 0.15) is 0 Å². The summed E-state index contributed by atoms with van der Waals surface area (Å²) < 4.78 is 3.02. The highest BCUT2D eigenvalue weighted by atomic mass is 32.2. The van der Waals surface area contributed by atoms with Gasteiger partial charge in [-0.05, 0) is 104 Å². The van der Waals surface area contributed by atoms with Crippen LogP contribution in [0.25, 0.3) is 0 Å². The van der Waals surface area contributed by atoms with E-state index in [0.717, 1.165) is 59.6 Å². The molecule has 6 heteroatoms. The van der Waals surface area contributed by atoms with E-state index in [9.17, 15) is 9.59 Å². The lowest BCUT2D eigenvalue weighted by Gasteiger charge is -2.28. The van der Waals surface area contributed by atoms with E-state index in [-0.39, 0.29) is 23.7 Å². The summed E-state index contributed by atoms with van der Waals surface area (Å²) in [5, 5.41) is 0. The first-order valence-corrected chi connectivity index (χ1v) is 13.6. The van der Waals surface area contributed by atoms with Crippen molar-refractivity contribution < 1.29 is 9.59 Å². The van der Waals surface area contributed by atoms with Crippen molar-refractivity contribution in [3.05, 3.63) is 64.2 Å². The quantitative estimate of drug-likeness (QED) is 0.434. The van der Waals surface area contributed by atoms with Gasteiger partial charge in [0.25, 0.3) is 5.91 Å². The molecule has 1 fully saturated rings. The third-order valence-corrected chi connectivity index (χ3v) is 7.33.